The van der Waals surface area contributed by atoms with E-state index in [2.05, 4.69) is 5.32 Å². The molecule has 6 nitrogen and oxygen atoms in total. The average molecular weight is 297 g/mol. The normalized spacial score (nSPS) is 17.6. The molecule has 1 saturated heterocycles. The second kappa shape index (κ2) is 5.41. The monoisotopic (exact) mass is 297 g/mol. The van der Waals surface area contributed by atoms with Crippen molar-refractivity contribution in [1.82, 2.24) is 9.62 Å². The molecular weight excluding hydrogens is 278 g/mol. The van der Waals surface area contributed by atoms with Crippen LogP contribution in [-0.2, 0) is 14.8 Å². The summed E-state index contributed by atoms with van der Waals surface area (Å²) in [6, 6.07) is 3.38. The van der Waals surface area contributed by atoms with Crippen molar-refractivity contribution >= 4 is 21.6 Å². The number of anilines is 1. The van der Waals surface area contributed by atoms with Crippen LogP contribution in [0, 0.1) is 13.8 Å². The Labute approximate surface area is 119 Å². The quantitative estimate of drug-likeness (QED) is 0.773. The SMILES string of the molecule is Cc1cc(N)c(C)c(S(=O)(=O)N2CCNC(=O)CC2)c1. The molecule has 0 aliphatic carbocycles. The first-order valence-electron chi connectivity index (χ1n) is 6.46. The van der Waals surface area contributed by atoms with Crippen molar-refractivity contribution < 1.29 is 13.2 Å². The van der Waals surface area contributed by atoms with Gasteiger partial charge in [0.05, 0.1) is 4.90 Å². The number of amides is 1. The minimum atomic E-state index is -3.62. The van der Waals surface area contributed by atoms with Gasteiger partial charge in [-0.15, -0.1) is 0 Å². The van der Waals surface area contributed by atoms with Gasteiger partial charge in [0.15, 0.2) is 0 Å². The van der Waals surface area contributed by atoms with Crippen LogP contribution >= 0.6 is 0 Å². The molecule has 1 aromatic carbocycles. The fraction of sp³-hybridized carbons (Fsp3) is 0.462. The Kier molecular flexibility index (Phi) is 4.01. The lowest BCUT2D eigenvalue weighted by molar-refractivity contribution is -0.120. The topological polar surface area (TPSA) is 92.5 Å². The molecule has 0 radical (unpaired) electrons. The van der Waals surface area contributed by atoms with Crippen LogP contribution in [0.5, 0.6) is 0 Å². The van der Waals surface area contributed by atoms with Crippen LogP contribution in [0.1, 0.15) is 17.5 Å². The minimum Gasteiger partial charge on any atom is -0.398 e. The molecule has 0 spiro atoms. The predicted molar refractivity (Wildman–Crippen MR) is 76.7 cm³/mol. The summed E-state index contributed by atoms with van der Waals surface area (Å²) in [6.45, 7) is 4.31. The first-order valence-corrected chi connectivity index (χ1v) is 7.90. The highest BCUT2D eigenvalue weighted by Crippen LogP contribution is 2.26. The summed E-state index contributed by atoms with van der Waals surface area (Å²) < 4.78 is 26.7. The van der Waals surface area contributed by atoms with Crippen molar-refractivity contribution in [3.05, 3.63) is 23.3 Å². The van der Waals surface area contributed by atoms with Crippen molar-refractivity contribution in [2.45, 2.75) is 25.2 Å². The number of nitrogens with one attached hydrogen (secondary N) is 1. The van der Waals surface area contributed by atoms with E-state index >= 15 is 0 Å². The molecule has 7 heteroatoms. The zero-order chi connectivity index (χ0) is 14.9. The molecule has 0 unspecified atom stereocenters. The summed E-state index contributed by atoms with van der Waals surface area (Å²) in [5.41, 5.74) is 7.67. The van der Waals surface area contributed by atoms with Gasteiger partial charge in [0.2, 0.25) is 15.9 Å². The number of carbonyl (C=O) groups excluding carboxylic acids is 1. The lowest BCUT2D eigenvalue weighted by Crippen LogP contribution is -2.34. The number of carbonyl (C=O) groups is 1. The van der Waals surface area contributed by atoms with E-state index in [1.807, 2.05) is 6.92 Å². The molecule has 1 fully saturated rings. The maximum absolute atomic E-state index is 12.7. The highest BCUT2D eigenvalue weighted by atomic mass is 32.2. The molecule has 1 aromatic rings. The average Bonchev–Trinajstić information content (AvgIpc) is 2.58. The lowest BCUT2D eigenvalue weighted by Gasteiger charge is -2.21. The molecule has 0 atom stereocenters. The number of aryl methyl sites for hydroxylation is 1. The Morgan fingerprint density at radius 1 is 1.25 bits per heavy atom. The van der Waals surface area contributed by atoms with Crippen molar-refractivity contribution in [2.75, 3.05) is 25.4 Å². The molecule has 20 heavy (non-hydrogen) atoms. The first kappa shape index (κ1) is 14.8. The molecule has 1 aliphatic heterocycles. The third-order valence-electron chi connectivity index (χ3n) is 3.43. The zero-order valence-electron chi connectivity index (χ0n) is 11.6. The molecule has 110 valence electrons. The largest absolute Gasteiger partial charge is 0.398 e. The van der Waals surface area contributed by atoms with Crippen molar-refractivity contribution in [3.8, 4) is 0 Å². The van der Waals surface area contributed by atoms with Crippen LogP contribution < -0.4 is 11.1 Å². The van der Waals surface area contributed by atoms with E-state index in [0.29, 0.717) is 17.8 Å². The summed E-state index contributed by atoms with van der Waals surface area (Å²) in [6.07, 6.45) is 0.180. The van der Waals surface area contributed by atoms with Gasteiger partial charge in [0, 0.05) is 31.7 Å². The van der Waals surface area contributed by atoms with Crippen LogP contribution in [0.3, 0.4) is 0 Å². The number of nitrogens with zero attached hydrogens (tertiary/aromatic N) is 1. The van der Waals surface area contributed by atoms with Gasteiger partial charge in [-0.3, -0.25) is 4.79 Å². The molecule has 0 saturated carbocycles. The van der Waals surface area contributed by atoms with Gasteiger partial charge in [-0.25, -0.2) is 8.42 Å². The molecule has 2 rings (SSSR count). The summed E-state index contributed by atoms with van der Waals surface area (Å²) in [4.78, 5) is 11.5. The fourth-order valence-corrected chi connectivity index (χ4v) is 4.03. The van der Waals surface area contributed by atoms with E-state index < -0.39 is 10.0 Å². The molecule has 3 N–H and O–H groups in total. The molecule has 1 heterocycles. The van der Waals surface area contributed by atoms with E-state index in [4.69, 9.17) is 5.73 Å². The third kappa shape index (κ3) is 2.78. The second-order valence-corrected chi connectivity index (χ2v) is 6.89. The highest BCUT2D eigenvalue weighted by molar-refractivity contribution is 7.89. The fourth-order valence-electron chi connectivity index (χ4n) is 2.25. The van der Waals surface area contributed by atoms with Gasteiger partial charge in [-0.2, -0.15) is 4.31 Å². The van der Waals surface area contributed by atoms with Gasteiger partial charge in [0.1, 0.15) is 0 Å². The Morgan fingerprint density at radius 3 is 2.65 bits per heavy atom. The lowest BCUT2D eigenvalue weighted by atomic mass is 10.1. The molecule has 1 aliphatic rings. The third-order valence-corrected chi connectivity index (χ3v) is 5.46. The summed E-state index contributed by atoms with van der Waals surface area (Å²) in [5.74, 6) is -0.122. The Hall–Kier alpha value is -1.60. The second-order valence-electron chi connectivity index (χ2n) is 4.98. The molecule has 0 bridgehead atoms. The summed E-state index contributed by atoms with van der Waals surface area (Å²) in [5, 5.41) is 2.67. The van der Waals surface area contributed by atoms with Gasteiger partial charge < -0.3 is 11.1 Å². The van der Waals surface area contributed by atoms with E-state index in [1.54, 1.807) is 19.1 Å². The van der Waals surface area contributed by atoms with Crippen LogP contribution in [0.4, 0.5) is 5.69 Å². The van der Waals surface area contributed by atoms with Gasteiger partial charge in [-0.05, 0) is 37.1 Å². The van der Waals surface area contributed by atoms with Crippen molar-refractivity contribution in [2.24, 2.45) is 0 Å². The number of rotatable bonds is 2. The molecular formula is C13H19N3O3S. The Morgan fingerprint density at radius 2 is 1.95 bits per heavy atom. The van der Waals surface area contributed by atoms with Crippen LogP contribution in [0.15, 0.2) is 17.0 Å². The molecule has 1 amide bonds. The predicted octanol–water partition coefficient (Wildman–Crippen LogP) is 0.396. The number of hydrogen-bond donors (Lipinski definition) is 2. The summed E-state index contributed by atoms with van der Waals surface area (Å²) in [7, 11) is -3.62. The number of hydrogen-bond acceptors (Lipinski definition) is 4. The van der Waals surface area contributed by atoms with Crippen molar-refractivity contribution in [1.29, 1.82) is 0 Å². The Balaban J connectivity index is 2.42. The van der Waals surface area contributed by atoms with E-state index in [0.717, 1.165) is 5.56 Å². The number of nitrogen functional groups attached to an aromatic ring is 1. The summed E-state index contributed by atoms with van der Waals surface area (Å²) >= 11 is 0. The number of sulfonamides is 1. The number of nitrogens with two attached hydrogens (primary N) is 1. The van der Waals surface area contributed by atoms with E-state index in [9.17, 15) is 13.2 Å². The van der Waals surface area contributed by atoms with Crippen LogP contribution in [0.2, 0.25) is 0 Å². The smallest absolute Gasteiger partial charge is 0.243 e. The maximum atomic E-state index is 12.7. The van der Waals surface area contributed by atoms with Crippen LogP contribution in [0.25, 0.3) is 0 Å². The van der Waals surface area contributed by atoms with Crippen molar-refractivity contribution in [3.63, 3.8) is 0 Å². The first-order chi connectivity index (χ1) is 9.32. The van der Waals surface area contributed by atoms with E-state index in [1.165, 1.54) is 4.31 Å². The van der Waals surface area contributed by atoms with Gasteiger partial charge in [0.25, 0.3) is 0 Å². The standard InChI is InChI=1S/C13H19N3O3S/c1-9-7-11(14)10(2)12(8-9)20(18,19)16-5-3-13(17)15-4-6-16/h7-8H,3-6,14H2,1-2H3,(H,15,17). The number of benzene rings is 1. The zero-order valence-corrected chi connectivity index (χ0v) is 12.5. The Bertz CT molecular complexity index is 641. The highest BCUT2D eigenvalue weighted by Gasteiger charge is 2.28. The van der Waals surface area contributed by atoms with Crippen LogP contribution in [-0.4, -0.2) is 38.3 Å². The van der Waals surface area contributed by atoms with E-state index in [-0.39, 0.29) is 30.3 Å². The molecule has 0 aromatic heterocycles. The van der Waals surface area contributed by atoms with Gasteiger partial charge >= 0.3 is 0 Å². The van der Waals surface area contributed by atoms with Gasteiger partial charge in [-0.1, -0.05) is 0 Å². The maximum Gasteiger partial charge on any atom is 0.243 e. The minimum absolute atomic E-state index is 0.122.